The van der Waals surface area contributed by atoms with Crippen molar-refractivity contribution in [3.8, 4) is 5.75 Å². The van der Waals surface area contributed by atoms with E-state index in [0.29, 0.717) is 6.54 Å². The lowest BCUT2D eigenvalue weighted by atomic mass is 10.1. The van der Waals surface area contributed by atoms with Gasteiger partial charge in [0, 0.05) is 23.5 Å². The summed E-state index contributed by atoms with van der Waals surface area (Å²) in [5, 5.41) is 4.57. The molecular formula is C18H19N3O. The molecule has 0 spiro atoms. The monoisotopic (exact) mass is 293 g/mol. The summed E-state index contributed by atoms with van der Waals surface area (Å²) in [5.74, 6) is 0.787. The number of ether oxygens (including phenoxy) is 1. The van der Waals surface area contributed by atoms with Gasteiger partial charge in [-0.25, -0.2) is 0 Å². The van der Waals surface area contributed by atoms with Crippen molar-refractivity contribution in [2.24, 2.45) is 0 Å². The van der Waals surface area contributed by atoms with Crippen molar-refractivity contribution in [3.05, 3.63) is 59.5 Å². The summed E-state index contributed by atoms with van der Waals surface area (Å²) < 4.78 is 5.40. The molecule has 0 amide bonds. The highest BCUT2D eigenvalue weighted by molar-refractivity contribution is 5.96. The van der Waals surface area contributed by atoms with Crippen LogP contribution in [0.4, 0.5) is 5.69 Å². The maximum atomic E-state index is 5.40. The van der Waals surface area contributed by atoms with Crippen LogP contribution in [0.25, 0.3) is 10.9 Å². The molecular weight excluding hydrogens is 274 g/mol. The Hall–Kier alpha value is -2.62. The summed E-state index contributed by atoms with van der Waals surface area (Å²) in [7, 11) is 1.67. The zero-order chi connectivity index (χ0) is 15.5. The molecule has 0 aliphatic heterocycles. The van der Waals surface area contributed by atoms with Crippen LogP contribution in [0.1, 0.15) is 16.8 Å². The fourth-order valence-corrected chi connectivity index (χ4v) is 2.57. The van der Waals surface area contributed by atoms with Gasteiger partial charge in [0.2, 0.25) is 0 Å². The summed E-state index contributed by atoms with van der Waals surface area (Å²) in [6.07, 6.45) is 3.70. The Morgan fingerprint density at radius 2 is 1.91 bits per heavy atom. The Morgan fingerprint density at radius 3 is 2.68 bits per heavy atom. The molecule has 3 rings (SSSR count). The molecule has 0 fully saturated rings. The number of aromatic nitrogens is 2. The van der Waals surface area contributed by atoms with Gasteiger partial charge in [0.15, 0.2) is 0 Å². The van der Waals surface area contributed by atoms with Gasteiger partial charge in [-0.15, -0.1) is 0 Å². The molecule has 0 saturated carbocycles. The number of nitrogens with zero attached hydrogens (tertiary/aromatic N) is 2. The summed E-state index contributed by atoms with van der Waals surface area (Å²) >= 11 is 0. The van der Waals surface area contributed by atoms with Crippen molar-refractivity contribution in [2.75, 3.05) is 12.4 Å². The number of methoxy groups -OCH3 is 1. The third-order valence-corrected chi connectivity index (χ3v) is 3.82. The Balaban J connectivity index is 2.00. The van der Waals surface area contributed by atoms with Crippen molar-refractivity contribution in [3.63, 3.8) is 0 Å². The average Bonchev–Trinajstić information content (AvgIpc) is 2.54. The van der Waals surface area contributed by atoms with Crippen LogP contribution in [0.3, 0.4) is 0 Å². The van der Waals surface area contributed by atoms with Gasteiger partial charge in [0.1, 0.15) is 11.3 Å². The van der Waals surface area contributed by atoms with E-state index in [1.807, 2.05) is 30.6 Å². The van der Waals surface area contributed by atoms with Gasteiger partial charge in [-0.05, 0) is 37.1 Å². The number of nitrogens with one attached hydrogen (secondary N) is 1. The molecule has 4 nitrogen and oxygen atoms in total. The lowest BCUT2D eigenvalue weighted by molar-refractivity contribution is 0.419. The number of rotatable bonds is 4. The fraction of sp³-hybridized carbons (Fsp3) is 0.222. The molecule has 2 aromatic heterocycles. The number of fused-ring (bicyclic) bond motifs is 1. The van der Waals surface area contributed by atoms with Gasteiger partial charge in [-0.2, -0.15) is 0 Å². The number of anilines is 1. The van der Waals surface area contributed by atoms with Crippen LogP contribution in [-0.4, -0.2) is 17.1 Å². The zero-order valence-corrected chi connectivity index (χ0v) is 13.1. The van der Waals surface area contributed by atoms with E-state index in [4.69, 9.17) is 4.74 Å². The molecule has 1 N–H and O–H groups in total. The maximum absolute atomic E-state index is 5.40. The van der Waals surface area contributed by atoms with Crippen LogP contribution in [0, 0.1) is 13.8 Å². The van der Waals surface area contributed by atoms with Gasteiger partial charge in [-0.1, -0.05) is 18.2 Å². The minimum Gasteiger partial charge on any atom is -0.494 e. The third kappa shape index (κ3) is 2.60. The Kier molecular flexibility index (Phi) is 3.92. The van der Waals surface area contributed by atoms with Crippen molar-refractivity contribution >= 4 is 16.6 Å². The van der Waals surface area contributed by atoms with Gasteiger partial charge in [0.25, 0.3) is 0 Å². The summed E-state index contributed by atoms with van der Waals surface area (Å²) in [4.78, 5) is 8.94. The predicted octanol–water partition coefficient (Wildman–Crippen LogP) is 3.87. The van der Waals surface area contributed by atoms with Crippen LogP contribution < -0.4 is 10.1 Å². The van der Waals surface area contributed by atoms with Crippen LogP contribution in [0.15, 0.2) is 42.7 Å². The van der Waals surface area contributed by atoms with E-state index in [2.05, 4.69) is 41.3 Å². The van der Waals surface area contributed by atoms with Crippen LogP contribution >= 0.6 is 0 Å². The Bertz CT molecular complexity index is 815. The lowest BCUT2D eigenvalue weighted by Gasteiger charge is -2.14. The second kappa shape index (κ2) is 6.02. The summed E-state index contributed by atoms with van der Waals surface area (Å²) in [5.41, 5.74) is 5.29. The van der Waals surface area contributed by atoms with E-state index in [1.54, 1.807) is 7.11 Å². The van der Waals surface area contributed by atoms with Crippen molar-refractivity contribution < 1.29 is 4.74 Å². The highest BCUT2D eigenvalue weighted by Crippen LogP contribution is 2.31. The van der Waals surface area contributed by atoms with E-state index in [9.17, 15) is 0 Å². The third-order valence-electron chi connectivity index (χ3n) is 3.82. The quantitative estimate of drug-likeness (QED) is 0.793. The van der Waals surface area contributed by atoms with Crippen molar-refractivity contribution in [1.82, 2.24) is 9.97 Å². The summed E-state index contributed by atoms with van der Waals surface area (Å²) in [6, 6.07) is 10.0. The van der Waals surface area contributed by atoms with E-state index in [1.165, 1.54) is 5.56 Å². The molecule has 4 heteroatoms. The largest absolute Gasteiger partial charge is 0.494 e. The second-order valence-corrected chi connectivity index (χ2v) is 5.29. The standard InChI is InChI=1S/C18H19N3O/c1-12-6-5-9-19-15(12)11-21-17-13(2)10-20-18-14(17)7-4-8-16(18)22-3/h4-10H,11H2,1-3H3,(H,20,21). The number of para-hydroxylation sites is 1. The van der Waals surface area contributed by atoms with Crippen LogP contribution in [0.2, 0.25) is 0 Å². The number of hydrogen-bond acceptors (Lipinski definition) is 4. The second-order valence-electron chi connectivity index (χ2n) is 5.29. The topological polar surface area (TPSA) is 47.0 Å². The smallest absolute Gasteiger partial charge is 0.145 e. The average molecular weight is 293 g/mol. The van der Waals surface area contributed by atoms with Crippen LogP contribution in [0.5, 0.6) is 5.75 Å². The molecule has 0 aliphatic rings. The van der Waals surface area contributed by atoms with E-state index >= 15 is 0 Å². The minimum absolute atomic E-state index is 0.684. The SMILES string of the molecule is COc1cccc2c(NCc3ncccc3C)c(C)cnc12. The molecule has 1 aromatic carbocycles. The number of aryl methyl sites for hydroxylation is 2. The molecule has 112 valence electrons. The molecule has 2 heterocycles. The van der Waals surface area contributed by atoms with Gasteiger partial charge >= 0.3 is 0 Å². The van der Waals surface area contributed by atoms with Crippen molar-refractivity contribution in [2.45, 2.75) is 20.4 Å². The molecule has 0 atom stereocenters. The molecule has 0 unspecified atom stereocenters. The first-order chi connectivity index (χ1) is 10.7. The molecule has 22 heavy (non-hydrogen) atoms. The number of pyridine rings is 2. The molecule has 0 saturated heterocycles. The zero-order valence-electron chi connectivity index (χ0n) is 13.1. The predicted molar refractivity (Wildman–Crippen MR) is 89.3 cm³/mol. The summed E-state index contributed by atoms with van der Waals surface area (Å²) in [6.45, 7) is 4.81. The highest BCUT2D eigenvalue weighted by atomic mass is 16.5. The van der Waals surface area contributed by atoms with E-state index < -0.39 is 0 Å². The van der Waals surface area contributed by atoms with Crippen LogP contribution in [-0.2, 0) is 6.54 Å². The maximum Gasteiger partial charge on any atom is 0.145 e. The first kappa shape index (κ1) is 14.3. The first-order valence-corrected chi connectivity index (χ1v) is 7.27. The molecule has 0 radical (unpaired) electrons. The lowest BCUT2D eigenvalue weighted by Crippen LogP contribution is -2.05. The normalized spacial score (nSPS) is 10.7. The first-order valence-electron chi connectivity index (χ1n) is 7.27. The number of hydrogen-bond donors (Lipinski definition) is 1. The fourth-order valence-electron chi connectivity index (χ4n) is 2.57. The molecule has 0 bridgehead atoms. The van der Waals surface area contributed by atoms with Gasteiger partial charge in [-0.3, -0.25) is 9.97 Å². The number of benzene rings is 1. The Morgan fingerprint density at radius 1 is 1.05 bits per heavy atom. The minimum atomic E-state index is 0.684. The van der Waals surface area contributed by atoms with Crippen molar-refractivity contribution in [1.29, 1.82) is 0 Å². The van der Waals surface area contributed by atoms with Gasteiger partial charge in [0.05, 0.1) is 19.3 Å². The van der Waals surface area contributed by atoms with Gasteiger partial charge < -0.3 is 10.1 Å². The molecule has 0 aliphatic carbocycles. The van der Waals surface area contributed by atoms with E-state index in [0.717, 1.165) is 33.6 Å². The Labute approximate surface area is 130 Å². The highest BCUT2D eigenvalue weighted by Gasteiger charge is 2.10. The van der Waals surface area contributed by atoms with E-state index in [-0.39, 0.29) is 0 Å². The molecule has 3 aromatic rings.